The van der Waals surface area contributed by atoms with Gasteiger partial charge in [-0.25, -0.2) is 9.59 Å². The van der Waals surface area contributed by atoms with Crippen LogP contribution in [-0.4, -0.2) is 22.2 Å². The minimum Gasteiger partial charge on any atom is -0.478 e. The number of carboxylic acid groups (broad SMARTS) is 2. The van der Waals surface area contributed by atoms with Gasteiger partial charge in [-0.2, -0.15) is 0 Å². The molecule has 98 valence electrons. The van der Waals surface area contributed by atoms with E-state index in [2.05, 4.69) is 0 Å². The molecule has 0 fully saturated rings. The van der Waals surface area contributed by atoms with Crippen LogP contribution >= 0.6 is 11.6 Å². The van der Waals surface area contributed by atoms with Gasteiger partial charge in [-0.1, -0.05) is 29.3 Å². The Morgan fingerprint density at radius 1 is 1.21 bits per heavy atom. The lowest BCUT2D eigenvalue weighted by molar-refractivity contribution is -0.136. The summed E-state index contributed by atoms with van der Waals surface area (Å²) >= 11 is 6.06. The van der Waals surface area contributed by atoms with Gasteiger partial charge in [-0.15, -0.1) is 0 Å². The number of carboxylic acids is 2. The third-order valence-electron chi connectivity index (χ3n) is 3.03. The van der Waals surface area contributed by atoms with Crippen LogP contribution < -0.4 is 0 Å². The van der Waals surface area contributed by atoms with E-state index in [0.717, 1.165) is 5.56 Å². The normalized spacial score (nSPS) is 14.5. The van der Waals surface area contributed by atoms with Crippen LogP contribution in [0, 0.1) is 0 Å². The summed E-state index contributed by atoms with van der Waals surface area (Å²) in [4.78, 5) is 22.6. The largest absolute Gasteiger partial charge is 0.478 e. The van der Waals surface area contributed by atoms with Gasteiger partial charge >= 0.3 is 11.9 Å². The summed E-state index contributed by atoms with van der Waals surface area (Å²) in [7, 11) is 0. The van der Waals surface area contributed by atoms with E-state index in [1.165, 1.54) is 6.08 Å². The van der Waals surface area contributed by atoms with Gasteiger partial charge < -0.3 is 10.2 Å². The van der Waals surface area contributed by atoms with Gasteiger partial charge in [0.1, 0.15) is 0 Å². The second-order valence-electron chi connectivity index (χ2n) is 4.31. The van der Waals surface area contributed by atoms with Gasteiger partial charge in [0.2, 0.25) is 0 Å². The molecule has 0 amide bonds. The number of hydrogen-bond donors (Lipinski definition) is 2. The Kier molecular flexibility index (Phi) is 3.44. The topological polar surface area (TPSA) is 74.6 Å². The molecule has 0 aliphatic heterocycles. The van der Waals surface area contributed by atoms with Crippen molar-refractivity contribution in [2.45, 2.75) is 13.3 Å². The number of halogens is 1. The van der Waals surface area contributed by atoms with Crippen molar-refractivity contribution in [3.8, 4) is 0 Å². The van der Waals surface area contributed by atoms with E-state index in [9.17, 15) is 19.8 Å². The molecular weight excluding hydrogens is 268 g/mol. The molecule has 1 aromatic carbocycles. The zero-order valence-electron chi connectivity index (χ0n) is 10.1. The van der Waals surface area contributed by atoms with E-state index in [-0.39, 0.29) is 11.1 Å². The predicted octanol–water partition coefficient (Wildman–Crippen LogP) is 2.77. The zero-order chi connectivity index (χ0) is 14.2. The molecule has 1 aromatic rings. The molecule has 0 aromatic heterocycles. The van der Waals surface area contributed by atoms with Gasteiger partial charge in [0, 0.05) is 5.02 Å². The van der Waals surface area contributed by atoms with Crippen molar-refractivity contribution in [3.63, 3.8) is 0 Å². The predicted molar refractivity (Wildman–Crippen MR) is 71.1 cm³/mol. The van der Waals surface area contributed by atoms with E-state index in [1.54, 1.807) is 19.1 Å². The van der Waals surface area contributed by atoms with E-state index >= 15 is 0 Å². The van der Waals surface area contributed by atoms with Crippen LogP contribution in [-0.2, 0) is 16.0 Å². The highest BCUT2D eigenvalue weighted by Gasteiger charge is 2.26. The minimum atomic E-state index is -1.27. The fourth-order valence-electron chi connectivity index (χ4n) is 2.18. The maximum absolute atomic E-state index is 11.3. The molecule has 0 unspecified atom stereocenters. The summed E-state index contributed by atoms with van der Waals surface area (Å²) in [6, 6.07) is 5.22. The van der Waals surface area contributed by atoms with Crippen molar-refractivity contribution in [2.24, 2.45) is 0 Å². The Hall–Kier alpha value is -2.07. The molecule has 2 N–H and O–H groups in total. The number of rotatable bonds is 2. The first-order chi connectivity index (χ1) is 8.91. The summed E-state index contributed by atoms with van der Waals surface area (Å²) in [6.07, 6.45) is 1.70. The molecule has 1 aliphatic rings. The Morgan fingerprint density at radius 2 is 1.89 bits per heavy atom. The third-order valence-corrected chi connectivity index (χ3v) is 3.36. The van der Waals surface area contributed by atoms with Crippen LogP contribution in [0.1, 0.15) is 18.1 Å². The number of hydrogen-bond acceptors (Lipinski definition) is 2. The summed E-state index contributed by atoms with van der Waals surface area (Å²) in [5.74, 6) is -2.51. The maximum Gasteiger partial charge on any atom is 0.336 e. The molecule has 5 heteroatoms. The average molecular weight is 279 g/mol. The Labute approximate surface area is 114 Å². The molecule has 0 radical (unpaired) electrons. The Morgan fingerprint density at radius 3 is 2.47 bits per heavy atom. The average Bonchev–Trinajstić information content (AvgIpc) is 2.45. The van der Waals surface area contributed by atoms with Crippen molar-refractivity contribution in [1.82, 2.24) is 0 Å². The highest BCUT2D eigenvalue weighted by atomic mass is 35.5. The minimum absolute atomic E-state index is 0.167. The van der Waals surface area contributed by atoms with E-state index in [0.29, 0.717) is 22.6 Å². The molecule has 19 heavy (non-hydrogen) atoms. The molecule has 0 atom stereocenters. The summed E-state index contributed by atoms with van der Waals surface area (Å²) in [5, 5.41) is 18.8. The maximum atomic E-state index is 11.3. The quantitative estimate of drug-likeness (QED) is 0.872. The van der Waals surface area contributed by atoms with Crippen LogP contribution in [0.5, 0.6) is 0 Å². The SMILES string of the molecule is CC1=C(C(=O)O)C(C(=O)O)=Cc2c(Cl)cccc2C1. The van der Waals surface area contributed by atoms with Crippen LogP contribution in [0.15, 0.2) is 34.9 Å². The Bertz CT molecular complexity index is 641. The molecule has 4 nitrogen and oxygen atoms in total. The van der Waals surface area contributed by atoms with Crippen molar-refractivity contribution in [1.29, 1.82) is 0 Å². The summed E-state index contributed by atoms with van der Waals surface area (Å²) in [5.41, 5.74) is 1.48. The molecule has 2 rings (SSSR count). The summed E-state index contributed by atoms with van der Waals surface area (Å²) in [6.45, 7) is 1.62. The van der Waals surface area contributed by atoms with E-state index in [4.69, 9.17) is 11.6 Å². The molecular formula is C14H11ClO4. The van der Waals surface area contributed by atoms with Gasteiger partial charge in [0.15, 0.2) is 0 Å². The van der Waals surface area contributed by atoms with E-state index in [1.807, 2.05) is 6.07 Å². The standard InChI is InChI=1S/C14H11ClO4/c1-7-5-8-3-2-4-11(15)9(8)6-10(13(16)17)12(7)14(18)19/h2-4,6H,5H2,1H3,(H,16,17)(H,18,19). The molecule has 0 heterocycles. The van der Waals surface area contributed by atoms with Crippen molar-refractivity contribution in [3.05, 3.63) is 51.1 Å². The second-order valence-corrected chi connectivity index (χ2v) is 4.72. The monoisotopic (exact) mass is 278 g/mol. The first kappa shape index (κ1) is 13.4. The Balaban J connectivity index is 2.76. The number of benzene rings is 1. The number of allylic oxidation sites excluding steroid dienone is 1. The lowest BCUT2D eigenvalue weighted by Gasteiger charge is -2.06. The fourth-order valence-corrected chi connectivity index (χ4v) is 2.43. The van der Waals surface area contributed by atoms with E-state index < -0.39 is 11.9 Å². The molecule has 0 bridgehead atoms. The third kappa shape index (κ3) is 2.39. The van der Waals surface area contributed by atoms with Crippen LogP contribution in [0.3, 0.4) is 0 Å². The molecule has 1 aliphatic carbocycles. The highest BCUT2D eigenvalue weighted by Crippen LogP contribution is 2.32. The van der Waals surface area contributed by atoms with Crippen LogP contribution in [0.2, 0.25) is 5.02 Å². The first-order valence-corrected chi connectivity index (χ1v) is 5.95. The van der Waals surface area contributed by atoms with Gasteiger partial charge in [0.05, 0.1) is 11.1 Å². The lowest BCUT2D eigenvalue weighted by atomic mass is 9.99. The smallest absolute Gasteiger partial charge is 0.336 e. The summed E-state index contributed by atoms with van der Waals surface area (Å²) < 4.78 is 0. The molecule has 0 spiro atoms. The second kappa shape index (κ2) is 4.90. The van der Waals surface area contributed by atoms with Crippen LogP contribution in [0.4, 0.5) is 0 Å². The number of carbonyl (C=O) groups is 2. The first-order valence-electron chi connectivity index (χ1n) is 5.57. The van der Waals surface area contributed by atoms with Crippen LogP contribution in [0.25, 0.3) is 6.08 Å². The zero-order valence-corrected chi connectivity index (χ0v) is 10.9. The van der Waals surface area contributed by atoms with Gasteiger partial charge in [-0.3, -0.25) is 0 Å². The van der Waals surface area contributed by atoms with Crippen molar-refractivity contribution >= 4 is 29.6 Å². The van der Waals surface area contributed by atoms with Crippen molar-refractivity contribution in [2.75, 3.05) is 0 Å². The van der Waals surface area contributed by atoms with Gasteiger partial charge in [-0.05, 0) is 36.6 Å². The van der Waals surface area contributed by atoms with Crippen molar-refractivity contribution < 1.29 is 19.8 Å². The number of fused-ring (bicyclic) bond motifs is 1. The van der Waals surface area contributed by atoms with Gasteiger partial charge in [0.25, 0.3) is 0 Å². The molecule has 0 saturated heterocycles. The number of aliphatic carboxylic acids is 2. The lowest BCUT2D eigenvalue weighted by Crippen LogP contribution is -2.12. The fraction of sp³-hybridized carbons (Fsp3) is 0.143. The highest BCUT2D eigenvalue weighted by molar-refractivity contribution is 6.32. The molecule has 0 saturated carbocycles.